The molecule has 3 heteroatoms. The second kappa shape index (κ2) is 7.62. The summed E-state index contributed by atoms with van der Waals surface area (Å²) in [4.78, 5) is 2.42. The maximum absolute atomic E-state index is 6.06. The zero-order valence-corrected chi connectivity index (χ0v) is 14.3. The second-order valence-electron chi connectivity index (χ2n) is 6.48. The first-order chi connectivity index (χ1) is 10.1. The van der Waals surface area contributed by atoms with Gasteiger partial charge in [-0.1, -0.05) is 30.2 Å². The second-order valence-corrected chi connectivity index (χ2v) is 6.92. The van der Waals surface area contributed by atoms with Crippen molar-refractivity contribution >= 4 is 11.6 Å². The molecule has 0 aromatic heterocycles. The number of unbranched alkanes of at least 4 members (excludes halogenated alkanes) is 1. The molecule has 1 atom stereocenters. The van der Waals surface area contributed by atoms with Crippen LogP contribution in [-0.2, 0) is 10.2 Å². The summed E-state index contributed by atoms with van der Waals surface area (Å²) in [5, 5.41) is 0.828. The third-order valence-electron chi connectivity index (χ3n) is 5.00. The summed E-state index contributed by atoms with van der Waals surface area (Å²) in [6.07, 6.45) is 7.54. The van der Waals surface area contributed by atoms with Gasteiger partial charge in [0, 0.05) is 30.2 Å². The average Bonchev–Trinajstić information content (AvgIpc) is 2.41. The average molecular weight is 310 g/mol. The van der Waals surface area contributed by atoms with Gasteiger partial charge in [0.25, 0.3) is 0 Å². The molecule has 0 saturated heterocycles. The van der Waals surface area contributed by atoms with Crippen LogP contribution in [0.5, 0.6) is 0 Å². The molecule has 1 fully saturated rings. The molecule has 1 saturated carbocycles. The van der Waals surface area contributed by atoms with Crippen LogP contribution in [0, 0.1) is 0 Å². The molecule has 0 N–H and O–H groups in total. The van der Waals surface area contributed by atoms with Crippen LogP contribution in [0.3, 0.4) is 0 Å². The van der Waals surface area contributed by atoms with Crippen molar-refractivity contribution in [2.45, 2.75) is 50.0 Å². The number of nitrogens with zero attached hydrogens (tertiary/aromatic N) is 1. The molecule has 2 rings (SSSR count). The predicted molar refractivity (Wildman–Crippen MR) is 90.2 cm³/mol. The van der Waals surface area contributed by atoms with Crippen molar-refractivity contribution < 1.29 is 4.74 Å². The Morgan fingerprint density at radius 2 is 1.86 bits per heavy atom. The zero-order chi connectivity index (χ0) is 15.3. The molecule has 0 aliphatic heterocycles. The topological polar surface area (TPSA) is 12.5 Å². The Morgan fingerprint density at radius 1 is 1.19 bits per heavy atom. The Morgan fingerprint density at radius 3 is 2.33 bits per heavy atom. The molecule has 1 aliphatic carbocycles. The van der Waals surface area contributed by atoms with Gasteiger partial charge in [0.05, 0.1) is 0 Å². The lowest BCUT2D eigenvalue weighted by atomic mass is 9.59. The molecular weight excluding hydrogens is 282 g/mol. The van der Waals surface area contributed by atoms with Crippen molar-refractivity contribution in [1.29, 1.82) is 0 Å². The fourth-order valence-corrected chi connectivity index (χ4v) is 3.89. The molecule has 1 aliphatic rings. The largest absolute Gasteiger partial charge is 0.385 e. The number of hydrogen-bond donors (Lipinski definition) is 0. The van der Waals surface area contributed by atoms with Gasteiger partial charge in [0.15, 0.2) is 0 Å². The first-order valence-corrected chi connectivity index (χ1v) is 8.39. The summed E-state index contributed by atoms with van der Waals surface area (Å²) >= 11 is 6.06. The minimum Gasteiger partial charge on any atom is -0.385 e. The van der Waals surface area contributed by atoms with Gasteiger partial charge in [-0.2, -0.15) is 0 Å². The number of ether oxygens (including phenoxy) is 1. The summed E-state index contributed by atoms with van der Waals surface area (Å²) in [6.45, 7) is 0.869. The van der Waals surface area contributed by atoms with Gasteiger partial charge in [-0.05, 0) is 63.9 Å². The van der Waals surface area contributed by atoms with E-state index in [1.54, 1.807) is 7.11 Å². The fourth-order valence-electron chi connectivity index (χ4n) is 3.77. The maximum atomic E-state index is 6.06. The maximum Gasteiger partial charge on any atom is 0.0462 e. The molecule has 0 heterocycles. The van der Waals surface area contributed by atoms with Gasteiger partial charge < -0.3 is 9.64 Å². The molecule has 118 valence electrons. The van der Waals surface area contributed by atoms with Gasteiger partial charge in [-0.3, -0.25) is 0 Å². The quantitative estimate of drug-likeness (QED) is 0.655. The van der Waals surface area contributed by atoms with Crippen molar-refractivity contribution in [1.82, 2.24) is 4.90 Å². The van der Waals surface area contributed by atoms with E-state index >= 15 is 0 Å². The Bertz CT molecular complexity index is 425. The number of methoxy groups -OCH3 is 1. The van der Waals surface area contributed by atoms with E-state index in [9.17, 15) is 0 Å². The van der Waals surface area contributed by atoms with Crippen LogP contribution in [0.25, 0.3) is 0 Å². The lowest BCUT2D eigenvalue weighted by molar-refractivity contribution is 0.0856. The third-order valence-corrected chi connectivity index (χ3v) is 5.25. The van der Waals surface area contributed by atoms with Crippen molar-refractivity contribution in [3.63, 3.8) is 0 Å². The molecule has 0 bridgehead atoms. The summed E-state index contributed by atoms with van der Waals surface area (Å²) in [7, 11) is 6.22. The lowest BCUT2D eigenvalue weighted by Gasteiger charge is -2.51. The number of likely N-dealkylation sites (N-methyl/N-ethyl adjacent to an activating group) is 1. The molecular formula is C18H28ClNO. The monoisotopic (exact) mass is 309 g/mol. The van der Waals surface area contributed by atoms with E-state index in [-0.39, 0.29) is 0 Å². The van der Waals surface area contributed by atoms with E-state index in [4.69, 9.17) is 16.3 Å². The Balaban J connectivity index is 2.13. The van der Waals surface area contributed by atoms with Crippen LogP contribution in [0.15, 0.2) is 24.3 Å². The van der Waals surface area contributed by atoms with Gasteiger partial charge in [-0.25, -0.2) is 0 Å². The van der Waals surface area contributed by atoms with Crippen LogP contribution < -0.4 is 0 Å². The number of rotatable bonds is 8. The van der Waals surface area contributed by atoms with Crippen LogP contribution in [-0.4, -0.2) is 38.8 Å². The fraction of sp³-hybridized carbons (Fsp3) is 0.667. The smallest absolute Gasteiger partial charge is 0.0462 e. The third kappa shape index (κ3) is 3.80. The molecule has 1 aromatic rings. The Labute approximate surface area is 134 Å². The molecule has 0 spiro atoms. The first kappa shape index (κ1) is 16.8. The van der Waals surface area contributed by atoms with Crippen LogP contribution in [0.4, 0.5) is 0 Å². The number of halogens is 1. The molecule has 0 radical (unpaired) electrons. The van der Waals surface area contributed by atoms with Crippen molar-refractivity contribution in [2.75, 3.05) is 27.8 Å². The summed E-state index contributed by atoms with van der Waals surface area (Å²) in [6, 6.07) is 9.13. The standard InChI is InChI=1S/C18H28ClNO/c1-20(2)17(7-4-5-14-21-3)18(12-6-13-18)15-8-10-16(19)11-9-15/h8-11,17H,4-7,12-14H2,1-3H3. The van der Waals surface area contributed by atoms with Crippen molar-refractivity contribution in [2.24, 2.45) is 0 Å². The first-order valence-electron chi connectivity index (χ1n) is 8.01. The summed E-state index contributed by atoms with van der Waals surface area (Å²) < 4.78 is 5.18. The minimum absolute atomic E-state index is 0.321. The van der Waals surface area contributed by atoms with Crippen molar-refractivity contribution in [3.8, 4) is 0 Å². The van der Waals surface area contributed by atoms with E-state index in [1.807, 2.05) is 12.1 Å². The summed E-state index contributed by atoms with van der Waals surface area (Å²) in [5.74, 6) is 0. The van der Waals surface area contributed by atoms with E-state index in [1.165, 1.54) is 37.7 Å². The minimum atomic E-state index is 0.321. The molecule has 0 amide bonds. The molecule has 2 nitrogen and oxygen atoms in total. The normalized spacial score (nSPS) is 18.5. The van der Waals surface area contributed by atoms with Crippen molar-refractivity contribution in [3.05, 3.63) is 34.9 Å². The predicted octanol–water partition coefficient (Wildman–Crippen LogP) is 4.51. The van der Waals surface area contributed by atoms with Crippen LogP contribution in [0.2, 0.25) is 5.02 Å². The number of benzene rings is 1. The Hall–Kier alpha value is -0.570. The highest BCUT2D eigenvalue weighted by atomic mass is 35.5. The van der Waals surface area contributed by atoms with Crippen LogP contribution in [0.1, 0.15) is 44.1 Å². The van der Waals surface area contributed by atoms with Gasteiger partial charge >= 0.3 is 0 Å². The highest BCUT2D eigenvalue weighted by Gasteiger charge is 2.45. The SMILES string of the molecule is COCCCCC(N(C)C)C1(c2ccc(Cl)cc2)CCC1. The van der Waals surface area contributed by atoms with Gasteiger partial charge in [0.2, 0.25) is 0 Å². The summed E-state index contributed by atoms with van der Waals surface area (Å²) in [5.41, 5.74) is 1.78. The van der Waals surface area contributed by atoms with E-state index in [0.29, 0.717) is 11.5 Å². The van der Waals surface area contributed by atoms with Gasteiger partial charge in [0.1, 0.15) is 0 Å². The molecule has 21 heavy (non-hydrogen) atoms. The van der Waals surface area contributed by atoms with E-state index in [0.717, 1.165) is 18.1 Å². The van der Waals surface area contributed by atoms with Gasteiger partial charge in [-0.15, -0.1) is 0 Å². The van der Waals surface area contributed by atoms with E-state index in [2.05, 4.69) is 31.1 Å². The molecule has 1 unspecified atom stereocenters. The Kier molecular flexibility index (Phi) is 6.09. The number of hydrogen-bond acceptors (Lipinski definition) is 2. The lowest BCUT2D eigenvalue weighted by Crippen LogP contribution is -2.52. The van der Waals surface area contributed by atoms with Crippen LogP contribution >= 0.6 is 11.6 Å². The molecule has 1 aromatic carbocycles. The zero-order valence-electron chi connectivity index (χ0n) is 13.6. The van der Waals surface area contributed by atoms with E-state index < -0.39 is 0 Å². The highest BCUT2D eigenvalue weighted by molar-refractivity contribution is 6.30. The highest BCUT2D eigenvalue weighted by Crippen LogP contribution is 2.49.